The predicted molar refractivity (Wildman–Crippen MR) is 92.1 cm³/mol. The molecule has 1 aliphatic rings. The lowest BCUT2D eigenvalue weighted by Gasteiger charge is -2.36. The fourth-order valence-corrected chi connectivity index (χ4v) is 2.98. The Morgan fingerprint density at radius 2 is 2.04 bits per heavy atom. The van der Waals surface area contributed by atoms with E-state index < -0.39 is 0 Å². The molecule has 1 saturated heterocycles. The monoisotopic (exact) mass is 341 g/mol. The summed E-state index contributed by atoms with van der Waals surface area (Å²) >= 11 is 0. The molecule has 1 atom stereocenters. The number of piperazine rings is 1. The molecule has 0 radical (unpaired) electrons. The smallest absolute Gasteiger partial charge is 0.243 e. The second-order valence-electron chi connectivity index (χ2n) is 6.19. The van der Waals surface area contributed by atoms with E-state index in [9.17, 15) is 0 Å². The highest BCUT2D eigenvalue weighted by Gasteiger charge is 2.25. The highest BCUT2D eigenvalue weighted by atomic mass is 16.5. The third-order valence-electron chi connectivity index (χ3n) is 4.53. The van der Waals surface area contributed by atoms with Gasteiger partial charge in [0.1, 0.15) is 18.4 Å². The Hall–Kier alpha value is -2.43. The molecule has 1 fully saturated rings. The summed E-state index contributed by atoms with van der Waals surface area (Å²) in [6.07, 6.45) is 0. The molecule has 0 amide bonds. The maximum absolute atomic E-state index is 9.08. The third-order valence-corrected chi connectivity index (χ3v) is 4.53. The predicted octanol–water partition coefficient (Wildman–Crippen LogP) is 2.01. The summed E-state index contributed by atoms with van der Waals surface area (Å²) in [5.74, 6) is 2.02. The Bertz CT molecular complexity index is 731. The molecule has 25 heavy (non-hydrogen) atoms. The maximum Gasteiger partial charge on any atom is 0.243 e. The minimum atomic E-state index is 0.141. The fourth-order valence-electron chi connectivity index (χ4n) is 2.98. The first kappa shape index (κ1) is 17.4. The molecule has 0 N–H and O–H groups in total. The van der Waals surface area contributed by atoms with Crippen LogP contribution < -0.4 is 4.74 Å². The molecule has 3 rings (SSSR count). The first-order chi connectivity index (χ1) is 12.2. The zero-order valence-electron chi connectivity index (χ0n) is 14.7. The van der Waals surface area contributed by atoms with Crippen molar-refractivity contribution in [1.82, 2.24) is 19.9 Å². The Morgan fingerprint density at radius 1 is 1.28 bits per heavy atom. The zero-order chi connectivity index (χ0) is 17.6. The van der Waals surface area contributed by atoms with Crippen LogP contribution >= 0.6 is 0 Å². The Morgan fingerprint density at radius 3 is 2.72 bits per heavy atom. The lowest BCUT2D eigenvalue weighted by Crippen LogP contribution is -2.48. The van der Waals surface area contributed by atoms with Crippen LogP contribution in [-0.4, -0.2) is 59.3 Å². The highest BCUT2D eigenvalue weighted by Crippen LogP contribution is 2.20. The van der Waals surface area contributed by atoms with Crippen molar-refractivity contribution >= 4 is 0 Å². The Balaban J connectivity index is 1.43. The van der Waals surface area contributed by atoms with E-state index in [1.807, 2.05) is 25.1 Å². The van der Waals surface area contributed by atoms with Gasteiger partial charge in [-0.1, -0.05) is 17.3 Å². The molecule has 1 aliphatic heterocycles. The van der Waals surface area contributed by atoms with Crippen molar-refractivity contribution in [3.8, 4) is 11.8 Å². The second kappa shape index (κ2) is 8.10. The van der Waals surface area contributed by atoms with E-state index in [4.69, 9.17) is 14.5 Å². The lowest BCUT2D eigenvalue weighted by atomic mass is 10.2. The molecule has 1 aromatic carbocycles. The van der Waals surface area contributed by atoms with Gasteiger partial charge in [-0.3, -0.25) is 9.80 Å². The van der Waals surface area contributed by atoms with E-state index in [1.165, 1.54) is 0 Å². The number of benzene rings is 1. The van der Waals surface area contributed by atoms with E-state index in [1.54, 1.807) is 6.07 Å². The van der Waals surface area contributed by atoms with Crippen LogP contribution in [0.5, 0.6) is 5.75 Å². The van der Waals surface area contributed by atoms with Gasteiger partial charge >= 0.3 is 0 Å². The van der Waals surface area contributed by atoms with Gasteiger partial charge in [0.15, 0.2) is 5.82 Å². The Kier molecular flexibility index (Phi) is 5.64. The summed E-state index contributed by atoms with van der Waals surface area (Å²) in [4.78, 5) is 9.05. The normalized spacial score (nSPS) is 17.2. The molecule has 132 valence electrons. The van der Waals surface area contributed by atoms with E-state index >= 15 is 0 Å². The summed E-state index contributed by atoms with van der Waals surface area (Å²) in [5, 5.41) is 12.9. The van der Waals surface area contributed by atoms with Gasteiger partial charge in [-0.25, -0.2) is 0 Å². The van der Waals surface area contributed by atoms with Crippen molar-refractivity contribution in [1.29, 1.82) is 5.26 Å². The first-order valence-electron chi connectivity index (χ1n) is 8.56. The molecule has 0 unspecified atom stereocenters. The van der Waals surface area contributed by atoms with Gasteiger partial charge in [0, 0.05) is 32.7 Å². The SMILES string of the molecule is Cc1noc([C@@H](C)N2CCN(CCOc3ccccc3C#N)CC2)n1. The van der Waals surface area contributed by atoms with E-state index in [-0.39, 0.29) is 6.04 Å². The van der Waals surface area contributed by atoms with E-state index in [2.05, 4.69) is 32.9 Å². The molecule has 7 nitrogen and oxygen atoms in total. The van der Waals surface area contributed by atoms with Gasteiger partial charge < -0.3 is 9.26 Å². The summed E-state index contributed by atoms with van der Waals surface area (Å²) in [6.45, 7) is 9.22. The number of aromatic nitrogens is 2. The lowest BCUT2D eigenvalue weighted by molar-refractivity contribution is 0.0800. The minimum absolute atomic E-state index is 0.141. The van der Waals surface area contributed by atoms with Gasteiger partial charge in [0.25, 0.3) is 0 Å². The summed E-state index contributed by atoms with van der Waals surface area (Å²) in [7, 11) is 0. The molecular formula is C18H23N5O2. The summed E-state index contributed by atoms with van der Waals surface area (Å²) in [5.41, 5.74) is 0.580. The zero-order valence-corrected chi connectivity index (χ0v) is 14.7. The second-order valence-corrected chi connectivity index (χ2v) is 6.19. The molecule has 0 bridgehead atoms. The largest absolute Gasteiger partial charge is 0.491 e. The molecule has 2 aromatic rings. The van der Waals surface area contributed by atoms with Crippen LogP contribution in [-0.2, 0) is 0 Å². The molecule has 0 spiro atoms. The van der Waals surface area contributed by atoms with Gasteiger partial charge in [-0.15, -0.1) is 0 Å². The molecular weight excluding hydrogens is 318 g/mol. The molecule has 0 aliphatic carbocycles. The van der Waals surface area contributed by atoms with Crippen molar-refractivity contribution in [2.24, 2.45) is 0 Å². The summed E-state index contributed by atoms with van der Waals surface area (Å²) in [6, 6.07) is 9.63. The van der Waals surface area contributed by atoms with E-state index in [0.717, 1.165) is 32.7 Å². The van der Waals surface area contributed by atoms with E-state index in [0.29, 0.717) is 29.6 Å². The topological polar surface area (TPSA) is 78.4 Å². The quantitative estimate of drug-likeness (QED) is 0.795. The van der Waals surface area contributed by atoms with Crippen molar-refractivity contribution in [2.75, 3.05) is 39.3 Å². The van der Waals surface area contributed by atoms with Crippen LogP contribution in [0.4, 0.5) is 0 Å². The number of para-hydroxylation sites is 1. The van der Waals surface area contributed by atoms with Gasteiger partial charge in [-0.05, 0) is 26.0 Å². The van der Waals surface area contributed by atoms with Crippen molar-refractivity contribution in [3.05, 3.63) is 41.5 Å². The minimum Gasteiger partial charge on any atom is -0.491 e. The van der Waals surface area contributed by atoms with Crippen LogP contribution in [0.25, 0.3) is 0 Å². The van der Waals surface area contributed by atoms with Crippen molar-refractivity contribution in [2.45, 2.75) is 19.9 Å². The van der Waals surface area contributed by atoms with Crippen LogP contribution in [0, 0.1) is 18.3 Å². The average molecular weight is 341 g/mol. The van der Waals surface area contributed by atoms with Gasteiger partial charge in [0.05, 0.1) is 11.6 Å². The number of ether oxygens (including phenoxy) is 1. The van der Waals surface area contributed by atoms with Crippen LogP contribution in [0.1, 0.15) is 30.2 Å². The summed E-state index contributed by atoms with van der Waals surface area (Å²) < 4.78 is 11.0. The number of aryl methyl sites for hydroxylation is 1. The molecule has 7 heteroatoms. The van der Waals surface area contributed by atoms with Crippen LogP contribution in [0.3, 0.4) is 0 Å². The number of nitrogens with zero attached hydrogens (tertiary/aromatic N) is 5. The van der Waals surface area contributed by atoms with Crippen LogP contribution in [0.2, 0.25) is 0 Å². The Labute approximate surface area is 147 Å². The standard InChI is InChI=1S/C18H23N5O2/c1-14(18-20-15(2)21-25-18)23-9-7-22(8-10-23)11-12-24-17-6-4-3-5-16(17)13-19/h3-6,14H,7-12H2,1-2H3/t14-/m1/s1. The number of hydrogen-bond acceptors (Lipinski definition) is 7. The van der Waals surface area contributed by atoms with Crippen molar-refractivity contribution < 1.29 is 9.26 Å². The molecule has 1 aromatic heterocycles. The number of rotatable bonds is 6. The van der Waals surface area contributed by atoms with Gasteiger partial charge in [-0.2, -0.15) is 10.2 Å². The highest BCUT2D eigenvalue weighted by molar-refractivity contribution is 5.42. The molecule has 2 heterocycles. The number of hydrogen-bond donors (Lipinski definition) is 0. The maximum atomic E-state index is 9.08. The average Bonchev–Trinajstić information content (AvgIpc) is 3.08. The molecule has 0 saturated carbocycles. The van der Waals surface area contributed by atoms with Gasteiger partial charge in [0.2, 0.25) is 5.89 Å². The number of nitriles is 1. The fraction of sp³-hybridized carbons (Fsp3) is 0.500. The van der Waals surface area contributed by atoms with Crippen molar-refractivity contribution in [3.63, 3.8) is 0 Å². The third kappa shape index (κ3) is 4.35. The van der Waals surface area contributed by atoms with Crippen LogP contribution in [0.15, 0.2) is 28.8 Å². The first-order valence-corrected chi connectivity index (χ1v) is 8.56.